The van der Waals surface area contributed by atoms with Gasteiger partial charge < -0.3 is 58.2 Å². The highest BCUT2D eigenvalue weighted by molar-refractivity contribution is 5.99. The second kappa shape index (κ2) is 11.6. The van der Waals surface area contributed by atoms with Gasteiger partial charge in [-0.2, -0.15) is 0 Å². The van der Waals surface area contributed by atoms with Crippen molar-refractivity contribution in [3.8, 4) is 23.0 Å². The summed E-state index contributed by atoms with van der Waals surface area (Å²) in [7, 11) is 4.41. The average Bonchev–Trinajstić information content (AvgIpc) is 3.67. The van der Waals surface area contributed by atoms with Crippen molar-refractivity contribution in [1.29, 1.82) is 0 Å². The van der Waals surface area contributed by atoms with Crippen LogP contribution >= 0.6 is 0 Å². The second-order valence-electron chi connectivity index (χ2n) is 11.6. The van der Waals surface area contributed by atoms with Crippen LogP contribution in [0, 0.1) is 11.8 Å². The number of benzene rings is 2. The molecule has 2 aromatic rings. The van der Waals surface area contributed by atoms with Gasteiger partial charge >= 0.3 is 5.97 Å². The summed E-state index contributed by atoms with van der Waals surface area (Å²) in [5.74, 6) is -1.20. The van der Waals surface area contributed by atoms with E-state index in [1.54, 1.807) is 31.2 Å². The molecule has 45 heavy (non-hydrogen) atoms. The lowest BCUT2D eigenvalue weighted by molar-refractivity contribution is -0.364. The first-order valence-electron chi connectivity index (χ1n) is 14.8. The highest BCUT2D eigenvalue weighted by atomic mass is 16.8. The molecule has 242 valence electrons. The van der Waals surface area contributed by atoms with Crippen molar-refractivity contribution in [3.63, 3.8) is 0 Å². The third-order valence-electron chi connectivity index (χ3n) is 9.23. The number of methoxy groups -OCH3 is 2. The van der Waals surface area contributed by atoms with Crippen molar-refractivity contribution in [2.75, 3.05) is 41.3 Å². The maximum atomic E-state index is 13.5. The number of aliphatic hydroxyl groups is 2. The summed E-state index contributed by atoms with van der Waals surface area (Å²) in [6.45, 7) is 1.89. The molecular formula is C31H35NO13. The molecule has 4 heterocycles. The summed E-state index contributed by atoms with van der Waals surface area (Å²) in [5.41, 5.74) is 2.20. The fourth-order valence-electron chi connectivity index (χ4n) is 7.10. The van der Waals surface area contributed by atoms with E-state index >= 15 is 0 Å². The first-order chi connectivity index (χ1) is 21.7. The summed E-state index contributed by atoms with van der Waals surface area (Å²) in [6.07, 6.45) is -6.89. The topological polar surface area (TPSA) is 170 Å². The third kappa shape index (κ3) is 4.87. The smallest absolute Gasteiger partial charge is 0.310 e. The summed E-state index contributed by atoms with van der Waals surface area (Å²) in [5, 5.41) is 24.7. The third-order valence-corrected chi connectivity index (χ3v) is 9.23. The SMILES string of the molecule is CNC(=O)c1c(OC)cc(C2c3cc4c(cc3[C@@H](OC3OC5COC(C)OC5C(O)C3O)[C@H]3COC(=O)[C@H]23)OCO4)cc1OC. The molecule has 3 fully saturated rings. The van der Waals surface area contributed by atoms with Crippen LogP contribution in [0.15, 0.2) is 24.3 Å². The molecule has 3 N–H and O–H groups in total. The summed E-state index contributed by atoms with van der Waals surface area (Å²) in [4.78, 5) is 26.3. The van der Waals surface area contributed by atoms with Crippen LogP contribution in [-0.2, 0) is 28.5 Å². The predicted octanol–water partition coefficient (Wildman–Crippen LogP) is 0.993. The Morgan fingerprint density at radius 1 is 0.933 bits per heavy atom. The minimum Gasteiger partial charge on any atom is -0.496 e. The van der Waals surface area contributed by atoms with Gasteiger partial charge in [0.05, 0.1) is 39.5 Å². The van der Waals surface area contributed by atoms with E-state index in [1.165, 1.54) is 21.3 Å². The number of nitrogens with one attached hydrogen (secondary N) is 1. The largest absolute Gasteiger partial charge is 0.496 e. The van der Waals surface area contributed by atoms with Crippen molar-refractivity contribution >= 4 is 11.9 Å². The van der Waals surface area contributed by atoms with E-state index in [9.17, 15) is 19.8 Å². The number of fused-ring (bicyclic) bond motifs is 4. The van der Waals surface area contributed by atoms with Crippen LogP contribution < -0.4 is 24.3 Å². The summed E-state index contributed by atoms with van der Waals surface area (Å²) >= 11 is 0. The number of cyclic esters (lactones) is 1. The van der Waals surface area contributed by atoms with E-state index in [-0.39, 0.29) is 37.1 Å². The molecule has 0 spiro atoms. The van der Waals surface area contributed by atoms with E-state index in [0.29, 0.717) is 28.2 Å². The van der Waals surface area contributed by atoms with Gasteiger partial charge in [0.2, 0.25) is 6.79 Å². The van der Waals surface area contributed by atoms with Crippen molar-refractivity contribution in [2.24, 2.45) is 11.8 Å². The zero-order valence-electron chi connectivity index (χ0n) is 25.1. The van der Waals surface area contributed by atoms with Crippen LogP contribution in [0.5, 0.6) is 23.0 Å². The molecule has 10 atom stereocenters. The number of hydrogen-bond donors (Lipinski definition) is 3. The Kier molecular flexibility index (Phi) is 7.74. The molecule has 0 bridgehead atoms. The molecule has 7 rings (SSSR count). The summed E-state index contributed by atoms with van der Waals surface area (Å²) in [6, 6.07) is 7.03. The van der Waals surface area contributed by atoms with Gasteiger partial charge in [-0.05, 0) is 47.9 Å². The maximum Gasteiger partial charge on any atom is 0.310 e. The van der Waals surface area contributed by atoms with Gasteiger partial charge in [-0.25, -0.2) is 0 Å². The van der Waals surface area contributed by atoms with Crippen LogP contribution in [-0.4, -0.2) is 100 Å². The van der Waals surface area contributed by atoms with Crippen LogP contribution in [0.2, 0.25) is 0 Å². The Hall–Kier alpha value is -3.66. The van der Waals surface area contributed by atoms with Gasteiger partial charge in [0.15, 0.2) is 24.1 Å². The number of ether oxygens (including phenoxy) is 9. The molecule has 0 saturated carbocycles. The number of aliphatic hydroxyl groups excluding tert-OH is 2. The molecule has 0 radical (unpaired) electrons. The fourth-order valence-corrected chi connectivity index (χ4v) is 7.10. The van der Waals surface area contributed by atoms with Crippen LogP contribution in [0.3, 0.4) is 0 Å². The molecule has 5 aliphatic rings. The first kappa shape index (κ1) is 30.0. The number of carbonyl (C=O) groups is 2. The first-order valence-corrected chi connectivity index (χ1v) is 14.8. The maximum absolute atomic E-state index is 13.5. The normalized spacial score (nSPS) is 34.7. The Morgan fingerprint density at radius 2 is 1.62 bits per heavy atom. The Bertz CT molecular complexity index is 1470. The van der Waals surface area contributed by atoms with Gasteiger partial charge in [0.25, 0.3) is 5.91 Å². The molecule has 2 aromatic carbocycles. The van der Waals surface area contributed by atoms with Crippen molar-refractivity contribution in [1.82, 2.24) is 5.32 Å². The van der Waals surface area contributed by atoms with E-state index in [0.717, 1.165) is 0 Å². The molecule has 7 unspecified atom stereocenters. The molecule has 0 aromatic heterocycles. The minimum absolute atomic E-state index is 0.0178. The van der Waals surface area contributed by atoms with Crippen LogP contribution in [0.25, 0.3) is 0 Å². The fraction of sp³-hybridized carbons (Fsp3) is 0.548. The lowest BCUT2D eigenvalue weighted by Crippen LogP contribution is -2.63. The number of rotatable bonds is 6. The van der Waals surface area contributed by atoms with Crippen LogP contribution in [0.1, 0.15) is 46.0 Å². The van der Waals surface area contributed by atoms with Gasteiger partial charge in [-0.15, -0.1) is 0 Å². The summed E-state index contributed by atoms with van der Waals surface area (Å²) < 4.78 is 52.1. The monoisotopic (exact) mass is 629 g/mol. The zero-order valence-corrected chi connectivity index (χ0v) is 25.1. The van der Waals surface area contributed by atoms with Crippen molar-refractivity contribution in [3.05, 3.63) is 46.5 Å². The second-order valence-corrected chi connectivity index (χ2v) is 11.6. The molecule has 14 heteroatoms. The van der Waals surface area contributed by atoms with E-state index < -0.39 is 72.7 Å². The number of hydrogen-bond acceptors (Lipinski definition) is 13. The van der Waals surface area contributed by atoms with Gasteiger partial charge in [0.1, 0.15) is 41.5 Å². The molecular weight excluding hydrogens is 594 g/mol. The van der Waals surface area contributed by atoms with E-state index in [2.05, 4.69) is 5.32 Å². The number of carbonyl (C=O) groups excluding carboxylic acids is 2. The highest BCUT2D eigenvalue weighted by Gasteiger charge is 2.56. The minimum atomic E-state index is -1.45. The zero-order chi connectivity index (χ0) is 31.6. The van der Waals surface area contributed by atoms with Gasteiger partial charge in [-0.1, -0.05) is 0 Å². The Morgan fingerprint density at radius 3 is 2.29 bits per heavy atom. The molecule has 3 saturated heterocycles. The van der Waals surface area contributed by atoms with Gasteiger partial charge in [-0.3, -0.25) is 9.59 Å². The van der Waals surface area contributed by atoms with E-state index in [1.807, 2.05) is 0 Å². The number of esters is 1. The molecule has 1 aliphatic carbocycles. The van der Waals surface area contributed by atoms with Crippen LogP contribution in [0.4, 0.5) is 0 Å². The Labute approximate surface area is 258 Å². The highest BCUT2D eigenvalue weighted by Crippen LogP contribution is 2.56. The Balaban J connectivity index is 1.33. The van der Waals surface area contributed by atoms with E-state index in [4.69, 9.17) is 42.6 Å². The van der Waals surface area contributed by atoms with Gasteiger partial charge in [0, 0.05) is 18.9 Å². The molecule has 14 nitrogen and oxygen atoms in total. The predicted molar refractivity (Wildman–Crippen MR) is 150 cm³/mol. The lowest BCUT2D eigenvalue weighted by atomic mass is 9.66. The average molecular weight is 630 g/mol. The standard InChI is InChI=1S/C31H35NO13/c1-12-39-10-21-28(43-12)25(33)26(34)31(44-21)45-27-15-8-18-17(41-11-42-18)7-14(15)22(23-16(27)9-40-30(23)36)13-5-19(37-3)24(29(35)32-2)20(6-13)38-4/h5-8,12,16,21-23,25-28,31,33-34H,9-11H2,1-4H3,(H,32,35)/t12?,16-,21?,22?,23-,25?,26?,27+,28?,31?/m0/s1. The number of amides is 1. The lowest BCUT2D eigenvalue weighted by Gasteiger charge is -2.47. The van der Waals surface area contributed by atoms with Crippen molar-refractivity contribution < 1.29 is 62.4 Å². The van der Waals surface area contributed by atoms with Crippen molar-refractivity contribution in [2.45, 2.75) is 55.9 Å². The molecule has 1 amide bonds. The molecule has 4 aliphatic heterocycles. The quantitative estimate of drug-likeness (QED) is 0.387.